The van der Waals surface area contributed by atoms with E-state index in [0.29, 0.717) is 0 Å². The minimum absolute atomic E-state index is 0.0827. The van der Waals surface area contributed by atoms with Crippen LogP contribution in [0.4, 0.5) is 0 Å². The van der Waals surface area contributed by atoms with Crippen LogP contribution in [0.25, 0.3) is 0 Å². The maximum absolute atomic E-state index is 6.34. The number of rotatable bonds is 6. The molecule has 0 bridgehead atoms. The van der Waals surface area contributed by atoms with E-state index in [0.717, 1.165) is 44.0 Å². The fraction of sp³-hybridized carbons (Fsp3) is 0.542. The number of ether oxygens (including phenoxy) is 1. The van der Waals surface area contributed by atoms with Gasteiger partial charge in [0.05, 0.1) is 5.60 Å². The average molecular weight is 399 g/mol. The molecule has 0 amide bonds. The number of hydrogen-bond donors (Lipinski definition) is 1. The molecule has 3 nitrogen and oxygen atoms in total. The molecule has 1 aliphatic carbocycles. The predicted octanol–water partition coefficient (Wildman–Crippen LogP) is 5.58. The van der Waals surface area contributed by atoms with Crippen LogP contribution in [0.5, 0.6) is 0 Å². The zero-order valence-corrected chi connectivity index (χ0v) is 17.6. The third-order valence-corrected chi connectivity index (χ3v) is 7.26. The Bertz CT molecular complexity index is 788. The Balaban J connectivity index is 1.46. The molecule has 1 unspecified atom stereocenters. The van der Waals surface area contributed by atoms with Crippen LogP contribution in [0.2, 0.25) is 5.02 Å². The number of aromatic nitrogens is 1. The van der Waals surface area contributed by atoms with Crippen LogP contribution < -0.4 is 5.32 Å². The normalized spacial score (nSPS) is 23.9. The van der Waals surface area contributed by atoms with Crippen molar-refractivity contribution < 1.29 is 4.74 Å². The summed E-state index contributed by atoms with van der Waals surface area (Å²) in [6.07, 6.45) is 10.2. The summed E-state index contributed by atoms with van der Waals surface area (Å²) in [6, 6.07) is 12.5. The van der Waals surface area contributed by atoms with Gasteiger partial charge in [0.15, 0.2) is 0 Å². The van der Waals surface area contributed by atoms with E-state index in [1.807, 2.05) is 24.4 Å². The van der Waals surface area contributed by atoms with Crippen molar-refractivity contribution in [2.75, 3.05) is 13.2 Å². The number of nitrogens with zero attached hydrogens (tertiary/aromatic N) is 1. The molecule has 2 heterocycles. The molecular weight excluding hydrogens is 368 g/mol. The smallest absolute Gasteiger partial charge is 0.0691 e. The predicted molar refractivity (Wildman–Crippen MR) is 115 cm³/mol. The highest BCUT2D eigenvalue weighted by molar-refractivity contribution is 6.31. The maximum Gasteiger partial charge on any atom is 0.0691 e. The van der Waals surface area contributed by atoms with Crippen molar-refractivity contribution in [1.29, 1.82) is 0 Å². The summed E-state index contributed by atoms with van der Waals surface area (Å²) in [5, 5.41) is 4.51. The summed E-state index contributed by atoms with van der Waals surface area (Å²) in [5.41, 5.74) is 3.88. The van der Waals surface area contributed by atoms with Crippen molar-refractivity contribution in [3.63, 3.8) is 0 Å². The summed E-state index contributed by atoms with van der Waals surface area (Å²) in [4.78, 5) is 4.79. The van der Waals surface area contributed by atoms with Gasteiger partial charge in [-0.05, 0) is 74.9 Å². The SMILES string of the molecule is Cc1c(Cl)cccc1CNCCC1(c2ccccn2)CCOC2(CCCC2)C1. The number of nitrogens with one attached hydrogen (secondary N) is 1. The average Bonchev–Trinajstić information content (AvgIpc) is 3.16. The van der Waals surface area contributed by atoms with Gasteiger partial charge in [0.25, 0.3) is 0 Å². The van der Waals surface area contributed by atoms with Gasteiger partial charge in [-0.25, -0.2) is 0 Å². The van der Waals surface area contributed by atoms with Crippen molar-refractivity contribution in [2.45, 2.75) is 69.4 Å². The second kappa shape index (κ2) is 8.52. The third kappa shape index (κ3) is 4.12. The lowest BCUT2D eigenvalue weighted by atomic mass is 9.68. The highest BCUT2D eigenvalue weighted by Crippen LogP contribution is 2.49. The molecule has 1 spiro atoms. The largest absolute Gasteiger partial charge is 0.375 e. The van der Waals surface area contributed by atoms with Crippen LogP contribution in [0.15, 0.2) is 42.6 Å². The van der Waals surface area contributed by atoms with Gasteiger partial charge in [-0.3, -0.25) is 4.98 Å². The standard InChI is InChI=1S/C24H31ClN2O/c1-19-20(7-6-8-21(19)25)17-26-15-12-23(22-9-2-5-14-27-22)13-16-28-24(18-23)10-3-4-11-24/h2,5-9,14,26H,3-4,10-13,15-18H2,1H3. The molecular formula is C24H31ClN2O. The Morgan fingerprint density at radius 3 is 2.75 bits per heavy atom. The van der Waals surface area contributed by atoms with Crippen molar-refractivity contribution >= 4 is 11.6 Å². The van der Waals surface area contributed by atoms with E-state index in [9.17, 15) is 0 Å². The van der Waals surface area contributed by atoms with Gasteiger partial charge in [-0.2, -0.15) is 0 Å². The third-order valence-electron chi connectivity index (χ3n) is 6.85. The van der Waals surface area contributed by atoms with Crippen LogP contribution >= 0.6 is 11.6 Å². The quantitative estimate of drug-likeness (QED) is 0.644. The Labute approximate surface area is 173 Å². The molecule has 1 N–H and O–H groups in total. The first-order chi connectivity index (χ1) is 13.6. The molecule has 1 aliphatic heterocycles. The van der Waals surface area contributed by atoms with E-state index in [2.05, 4.69) is 30.4 Å². The Morgan fingerprint density at radius 2 is 1.96 bits per heavy atom. The number of benzene rings is 1. The van der Waals surface area contributed by atoms with Crippen molar-refractivity contribution in [3.8, 4) is 0 Å². The first-order valence-electron chi connectivity index (χ1n) is 10.6. The van der Waals surface area contributed by atoms with Gasteiger partial charge in [0.1, 0.15) is 0 Å². The van der Waals surface area contributed by atoms with E-state index < -0.39 is 0 Å². The molecule has 2 aromatic rings. The van der Waals surface area contributed by atoms with Crippen LogP contribution in [0.3, 0.4) is 0 Å². The molecule has 4 heteroatoms. The molecule has 2 aliphatic rings. The second-order valence-electron chi connectivity index (χ2n) is 8.61. The Hall–Kier alpha value is -1.42. The Morgan fingerprint density at radius 1 is 1.11 bits per heavy atom. The van der Waals surface area contributed by atoms with Gasteiger partial charge < -0.3 is 10.1 Å². The fourth-order valence-corrected chi connectivity index (χ4v) is 5.38. The molecule has 1 saturated carbocycles. The lowest BCUT2D eigenvalue weighted by Gasteiger charge is -2.46. The topological polar surface area (TPSA) is 34.2 Å². The molecule has 1 atom stereocenters. The lowest BCUT2D eigenvalue weighted by Crippen LogP contribution is -2.47. The van der Waals surface area contributed by atoms with Crippen LogP contribution in [0, 0.1) is 6.92 Å². The molecule has 1 saturated heterocycles. The maximum atomic E-state index is 6.34. The van der Waals surface area contributed by atoms with Crippen molar-refractivity contribution in [2.24, 2.45) is 0 Å². The number of halogens is 1. The molecule has 4 rings (SSSR count). The summed E-state index contributed by atoms with van der Waals surface area (Å²) >= 11 is 6.27. The van der Waals surface area contributed by atoms with Gasteiger partial charge in [-0.15, -0.1) is 0 Å². The Kier molecular flexibility index (Phi) is 6.05. The molecule has 2 fully saturated rings. The van der Waals surface area contributed by atoms with Crippen molar-refractivity contribution in [1.82, 2.24) is 10.3 Å². The molecule has 150 valence electrons. The zero-order chi connectivity index (χ0) is 19.5. The summed E-state index contributed by atoms with van der Waals surface area (Å²) in [5.74, 6) is 0. The minimum atomic E-state index is 0.0827. The van der Waals surface area contributed by atoms with Crippen LogP contribution in [-0.4, -0.2) is 23.7 Å². The first-order valence-corrected chi connectivity index (χ1v) is 11.0. The highest BCUT2D eigenvalue weighted by atomic mass is 35.5. The molecule has 28 heavy (non-hydrogen) atoms. The van der Waals surface area contributed by atoms with Crippen molar-refractivity contribution in [3.05, 3.63) is 64.4 Å². The molecule has 1 aromatic heterocycles. The van der Waals surface area contributed by atoms with Crippen LogP contribution in [0.1, 0.15) is 61.8 Å². The van der Waals surface area contributed by atoms with E-state index in [1.54, 1.807) is 0 Å². The van der Waals surface area contributed by atoms with Gasteiger partial charge in [0, 0.05) is 35.5 Å². The van der Waals surface area contributed by atoms with E-state index in [4.69, 9.17) is 21.3 Å². The zero-order valence-electron chi connectivity index (χ0n) is 16.8. The molecule has 0 radical (unpaired) electrons. The second-order valence-corrected chi connectivity index (χ2v) is 9.02. The summed E-state index contributed by atoms with van der Waals surface area (Å²) in [6.45, 7) is 4.77. The fourth-order valence-electron chi connectivity index (χ4n) is 5.19. The van der Waals surface area contributed by atoms with E-state index in [-0.39, 0.29) is 11.0 Å². The monoisotopic (exact) mass is 398 g/mol. The number of hydrogen-bond acceptors (Lipinski definition) is 3. The number of pyridine rings is 1. The van der Waals surface area contributed by atoms with Gasteiger partial charge >= 0.3 is 0 Å². The minimum Gasteiger partial charge on any atom is -0.375 e. The van der Waals surface area contributed by atoms with E-state index in [1.165, 1.54) is 42.5 Å². The first kappa shape index (κ1) is 19.9. The molecule has 1 aromatic carbocycles. The lowest BCUT2D eigenvalue weighted by molar-refractivity contribution is -0.104. The summed E-state index contributed by atoms with van der Waals surface area (Å²) in [7, 11) is 0. The highest BCUT2D eigenvalue weighted by Gasteiger charge is 2.48. The van der Waals surface area contributed by atoms with Gasteiger partial charge in [-0.1, -0.05) is 42.6 Å². The van der Waals surface area contributed by atoms with Crippen LogP contribution in [-0.2, 0) is 16.7 Å². The summed E-state index contributed by atoms with van der Waals surface area (Å²) < 4.78 is 6.34. The van der Waals surface area contributed by atoms with E-state index >= 15 is 0 Å². The van der Waals surface area contributed by atoms with Gasteiger partial charge in [0.2, 0.25) is 0 Å².